The number of aliphatic carboxylic acids is 1. The van der Waals surface area contributed by atoms with Crippen molar-refractivity contribution < 1.29 is 14.3 Å². The van der Waals surface area contributed by atoms with Crippen LogP contribution in [0.15, 0.2) is 24.3 Å². The lowest BCUT2D eigenvalue weighted by atomic mass is 10.1. The fourth-order valence-electron chi connectivity index (χ4n) is 2.36. The van der Waals surface area contributed by atoms with Crippen molar-refractivity contribution in [3.8, 4) is 0 Å². The lowest BCUT2D eigenvalue weighted by Gasteiger charge is -2.41. The summed E-state index contributed by atoms with van der Waals surface area (Å²) in [5.74, 6) is -1.08. The normalized spacial score (nSPS) is 21.0. The topological polar surface area (TPSA) is 43.8 Å². The Kier molecular flexibility index (Phi) is 3.81. The molecule has 1 unspecified atom stereocenters. The molecule has 0 amide bonds. The van der Waals surface area contributed by atoms with Crippen LogP contribution >= 0.6 is 0 Å². The van der Waals surface area contributed by atoms with E-state index < -0.39 is 5.97 Å². The number of anilines is 1. The monoisotopic (exact) mass is 252 g/mol. The van der Waals surface area contributed by atoms with Crippen molar-refractivity contribution in [3.63, 3.8) is 0 Å². The highest BCUT2D eigenvalue weighted by molar-refractivity contribution is 5.68. The van der Waals surface area contributed by atoms with Crippen LogP contribution in [0.5, 0.6) is 0 Å². The summed E-state index contributed by atoms with van der Waals surface area (Å²) in [6.07, 6.45) is 0.0989. The van der Waals surface area contributed by atoms with Crippen LogP contribution in [0.4, 0.5) is 10.1 Å². The van der Waals surface area contributed by atoms with Crippen molar-refractivity contribution >= 4 is 11.7 Å². The van der Waals surface area contributed by atoms with Gasteiger partial charge < -0.3 is 14.9 Å². The molecule has 98 valence electrons. The summed E-state index contributed by atoms with van der Waals surface area (Å²) >= 11 is 0. The lowest BCUT2D eigenvalue weighted by molar-refractivity contribution is -0.137. The number of rotatable bonds is 3. The summed E-state index contributed by atoms with van der Waals surface area (Å²) in [7, 11) is 1.98. The Morgan fingerprint density at radius 2 is 2.06 bits per heavy atom. The standard InChI is InChI=1S/C13H17FN2O2/c1-15-6-7-16(12(9-15)8-13(17)18)11-4-2-10(14)3-5-11/h2-5,12H,6-9H2,1H3,(H,17,18). The highest BCUT2D eigenvalue weighted by Gasteiger charge is 2.27. The summed E-state index contributed by atoms with van der Waals surface area (Å²) in [6.45, 7) is 2.36. The molecule has 0 aliphatic carbocycles. The van der Waals surface area contributed by atoms with E-state index in [9.17, 15) is 9.18 Å². The molecule has 0 bridgehead atoms. The molecule has 1 fully saturated rings. The van der Waals surface area contributed by atoms with Crippen LogP contribution in [0, 0.1) is 5.82 Å². The van der Waals surface area contributed by atoms with E-state index in [0.29, 0.717) is 6.54 Å². The first-order chi connectivity index (χ1) is 8.56. The Balaban J connectivity index is 2.17. The summed E-state index contributed by atoms with van der Waals surface area (Å²) in [4.78, 5) is 15.1. The van der Waals surface area contributed by atoms with Crippen LogP contribution in [-0.2, 0) is 4.79 Å². The maximum absolute atomic E-state index is 12.9. The predicted molar refractivity (Wildman–Crippen MR) is 67.3 cm³/mol. The van der Waals surface area contributed by atoms with Crippen LogP contribution in [0.3, 0.4) is 0 Å². The molecule has 0 saturated carbocycles. The summed E-state index contributed by atoms with van der Waals surface area (Å²) in [5.41, 5.74) is 0.885. The molecule has 1 N–H and O–H groups in total. The summed E-state index contributed by atoms with van der Waals surface area (Å²) in [6, 6.07) is 6.16. The number of hydrogen-bond acceptors (Lipinski definition) is 3. The predicted octanol–water partition coefficient (Wildman–Crippen LogP) is 1.42. The average molecular weight is 252 g/mol. The zero-order valence-corrected chi connectivity index (χ0v) is 10.3. The molecule has 1 aromatic carbocycles. The van der Waals surface area contributed by atoms with Gasteiger partial charge in [-0.25, -0.2) is 4.39 Å². The number of piperazine rings is 1. The molecule has 1 aliphatic rings. The second-order valence-electron chi connectivity index (χ2n) is 4.68. The first-order valence-electron chi connectivity index (χ1n) is 5.99. The summed E-state index contributed by atoms with van der Waals surface area (Å²) in [5, 5.41) is 8.96. The van der Waals surface area contributed by atoms with Gasteiger partial charge in [-0.3, -0.25) is 4.79 Å². The number of nitrogens with zero attached hydrogens (tertiary/aromatic N) is 2. The molecular formula is C13H17FN2O2. The van der Waals surface area contributed by atoms with Crippen molar-refractivity contribution in [2.24, 2.45) is 0 Å². The molecule has 0 spiro atoms. The van der Waals surface area contributed by atoms with Crippen LogP contribution < -0.4 is 4.90 Å². The highest BCUT2D eigenvalue weighted by atomic mass is 19.1. The minimum atomic E-state index is -0.803. The molecule has 18 heavy (non-hydrogen) atoms. The second-order valence-corrected chi connectivity index (χ2v) is 4.68. The Morgan fingerprint density at radius 3 is 2.67 bits per heavy atom. The first kappa shape index (κ1) is 12.8. The van der Waals surface area contributed by atoms with E-state index >= 15 is 0 Å². The minimum absolute atomic E-state index is 0.0632. The van der Waals surface area contributed by atoms with E-state index in [0.717, 1.165) is 18.8 Å². The van der Waals surface area contributed by atoms with E-state index in [1.165, 1.54) is 12.1 Å². The van der Waals surface area contributed by atoms with Gasteiger partial charge in [0, 0.05) is 25.3 Å². The van der Waals surface area contributed by atoms with Gasteiger partial charge in [0.25, 0.3) is 0 Å². The molecule has 1 aromatic rings. The van der Waals surface area contributed by atoms with E-state index in [1.807, 2.05) is 11.9 Å². The minimum Gasteiger partial charge on any atom is -0.481 e. The smallest absolute Gasteiger partial charge is 0.305 e. The molecule has 1 saturated heterocycles. The zero-order valence-electron chi connectivity index (χ0n) is 10.3. The van der Waals surface area contributed by atoms with Crippen molar-refractivity contribution in [2.75, 3.05) is 31.6 Å². The molecular weight excluding hydrogens is 235 g/mol. The number of hydrogen-bond donors (Lipinski definition) is 1. The number of halogens is 1. The number of likely N-dealkylation sites (N-methyl/N-ethyl adjacent to an activating group) is 1. The van der Waals surface area contributed by atoms with Gasteiger partial charge in [-0.15, -0.1) is 0 Å². The molecule has 1 aliphatic heterocycles. The van der Waals surface area contributed by atoms with Gasteiger partial charge in [0.05, 0.1) is 12.5 Å². The third kappa shape index (κ3) is 2.98. The van der Waals surface area contributed by atoms with Crippen molar-refractivity contribution in [2.45, 2.75) is 12.5 Å². The fraction of sp³-hybridized carbons (Fsp3) is 0.462. The molecule has 4 nitrogen and oxygen atoms in total. The average Bonchev–Trinajstić information content (AvgIpc) is 2.30. The van der Waals surface area contributed by atoms with Crippen LogP contribution in [0.1, 0.15) is 6.42 Å². The maximum atomic E-state index is 12.9. The van der Waals surface area contributed by atoms with Gasteiger partial charge in [0.15, 0.2) is 0 Å². The Hall–Kier alpha value is -1.62. The SMILES string of the molecule is CN1CCN(c2ccc(F)cc2)C(CC(=O)O)C1. The second kappa shape index (κ2) is 5.35. The molecule has 1 atom stereocenters. The number of carboxylic acid groups (broad SMARTS) is 1. The molecule has 0 aromatic heterocycles. The van der Waals surface area contributed by atoms with Crippen molar-refractivity contribution in [3.05, 3.63) is 30.1 Å². The molecule has 2 rings (SSSR count). The highest BCUT2D eigenvalue weighted by Crippen LogP contribution is 2.22. The number of benzene rings is 1. The van der Waals surface area contributed by atoms with E-state index in [1.54, 1.807) is 12.1 Å². The fourth-order valence-corrected chi connectivity index (χ4v) is 2.36. The van der Waals surface area contributed by atoms with E-state index in [2.05, 4.69) is 4.90 Å². The zero-order chi connectivity index (χ0) is 13.1. The van der Waals surface area contributed by atoms with Gasteiger partial charge in [-0.1, -0.05) is 0 Å². The van der Waals surface area contributed by atoms with Gasteiger partial charge >= 0.3 is 5.97 Å². The van der Waals surface area contributed by atoms with Gasteiger partial charge in [-0.2, -0.15) is 0 Å². The third-order valence-corrected chi connectivity index (χ3v) is 3.25. The quantitative estimate of drug-likeness (QED) is 0.883. The Morgan fingerprint density at radius 1 is 1.39 bits per heavy atom. The first-order valence-corrected chi connectivity index (χ1v) is 5.99. The lowest BCUT2D eigenvalue weighted by Crippen LogP contribution is -2.52. The van der Waals surface area contributed by atoms with Gasteiger partial charge in [0.2, 0.25) is 0 Å². The number of carbonyl (C=O) groups is 1. The van der Waals surface area contributed by atoms with Crippen LogP contribution in [0.2, 0.25) is 0 Å². The van der Waals surface area contributed by atoms with Crippen molar-refractivity contribution in [1.29, 1.82) is 0 Å². The molecule has 1 heterocycles. The van der Waals surface area contributed by atoms with Gasteiger partial charge in [0.1, 0.15) is 5.82 Å². The largest absolute Gasteiger partial charge is 0.481 e. The van der Waals surface area contributed by atoms with E-state index in [-0.39, 0.29) is 18.3 Å². The molecule has 0 radical (unpaired) electrons. The van der Waals surface area contributed by atoms with Gasteiger partial charge in [-0.05, 0) is 31.3 Å². The van der Waals surface area contributed by atoms with Crippen molar-refractivity contribution in [1.82, 2.24) is 4.90 Å². The summed E-state index contributed by atoms with van der Waals surface area (Å²) < 4.78 is 12.9. The van der Waals surface area contributed by atoms with Crippen LogP contribution in [0.25, 0.3) is 0 Å². The Bertz CT molecular complexity index is 422. The van der Waals surface area contributed by atoms with E-state index in [4.69, 9.17) is 5.11 Å². The third-order valence-electron chi connectivity index (χ3n) is 3.25. The Labute approximate surface area is 106 Å². The number of carboxylic acids is 1. The molecule has 5 heteroatoms. The maximum Gasteiger partial charge on any atom is 0.305 e. The van der Waals surface area contributed by atoms with Crippen LogP contribution in [-0.4, -0.2) is 48.7 Å².